The van der Waals surface area contributed by atoms with Gasteiger partial charge in [0.05, 0.1) is 0 Å². The smallest absolute Gasteiger partial charge is 0.370 e. The van der Waals surface area contributed by atoms with Gasteiger partial charge in [0.2, 0.25) is 11.8 Å². The summed E-state index contributed by atoms with van der Waals surface area (Å²) in [5.74, 6) is -14.0. The Morgan fingerprint density at radius 1 is 0.969 bits per heavy atom. The summed E-state index contributed by atoms with van der Waals surface area (Å²) >= 11 is 0. The van der Waals surface area contributed by atoms with Crippen LogP contribution in [0.25, 0.3) is 0 Å². The van der Waals surface area contributed by atoms with Gasteiger partial charge >= 0.3 is 12.1 Å². The third-order valence-electron chi connectivity index (χ3n) is 3.66. The second kappa shape index (κ2) is 10.2. The van der Waals surface area contributed by atoms with Crippen molar-refractivity contribution in [1.82, 2.24) is 10.4 Å². The molecule has 0 bridgehead atoms. The first kappa shape index (κ1) is 27.3. The fourth-order valence-electron chi connectivity index (χ4n) is 2.15. The SMILES string of the molecule is NC(=O)CC[C@H](NC(=O)C(F)(F)F)C(=O)Nc1c(F)c(F)c(CNP(N)(N)=O)c(F)c1F. The second-order valence-electron chi connectivity index (χ2n) is 6.17. The minimum absolute atomic E-state index is 0.743. The number of hydrogen-bond donors (Lipinski definition) is 6. The van der Waals surface area contributed by atoms with E-state index in [0.717, 1.165) is 5.32 Å². The topological polar surface area (TPSA) is 182 Å². The Morgan fingerprint density at radius 3 is 1.88 bits per heavy atom. The zero-order valence-electron chi connectivity index (χ0n) is 15.7. The van der Waals surface area contributed by atoms with Gasteiger partial charge in [-0.3, -0.25) is 30.0 Å². The molecule has 0 aliphatic heterocycles. The zero-order chi connectivity index (χ0) is 25.0. The van der Waals surface area contributed by atoms with E-state index >= 15 is 0 Å². The largest absolute Gasteiger partial charge is 0.471 e. The lowest BCUT2D eigenvalue weighted by molar-refractivity contribution is -0.174. The maximum absolute atomic E-state index is 14.2. The van der Waals surface area contributed by atoms with E-state index in [4.69, 9.17) is 16.7 Å². The molecule has 0 unspecified atom stereocenters. The average Bonchev–Trinajstić information content (AvgIpc) is 2.64. The van der Waals surface area contributed by atoms with Crippen LogP contribution in [0.3, 0.4) is 0 Å². The van der Waals surface area contributed by atoms with Gasteiger partial charge in [0, 0.05) is 18.5 Å². The third kappa shape index (κ3) is 7.44. The lowest BCUT2D eigenvalue weighted by Gasteiger charge is -2.20. The molecule has 0 heterocycles. The van der Waals surface area contributed by atoms with Crippen LogP contribution in [-0.2, 0) is 25.5 Å². The monoisotopic (exact) mass is 496 g/mol. The molecule has 0 aromatic heterocycles. The van der Waals surface area contributed by atoms with E-state index < -0.39 is 91.4 Å². The number of nitrogens with one attached hydrogen (secondary N) is 3. The van der Waals surface area contributed by atoms with Crippen molar-refractivity contribution >= 4 is 31.0 Å². The van der Waals surface area contributed by atoms with Crippen LogP contribution in [0.2, 0.25) is 0 Å². The number of carbonyl (C=O) groups excluding carboxylic acids is 3. The third-order valence-corrected chi connectivity index (χ3v) is 4.32. The minimum Gasteiger partial charge on any atom is -0.370 e. The molecule has 1 rings (SSSR count). The molecule has 1 aromatic rings. The molecule has 3 amide bonds. The number of rotatable bonds is 9. The first-order chi connectivity index (χ1) is 14.5. The molecule has 1 atom stereocenters. The van der Waals surface area contributed by atoms with Crippen molar-refractivity contribution in [2.45, 2.75) is 31.6 Å². The van der Waals surface area contributed by atoms with Crippen molar-refractivity contribution in [2.24, 2.45) is 16.7 Å². The van der Waals surface area contributed by atoms with Crippen LogP contribution in [0, 0.1) is 23.3 Å². The van der Waals surface area contributed by atoms with Gasteiger partial charge in [-0.2, -0.15) is 13.2 Å². The van der Waals surface area contributed by atoms with Crippen LogP contribution < -0.4 is 32.5 Å². The number of alkyl halides is 3. The van der Waals surface area contributed by atoms with Crippen LogP contribution in [0.15, 0.2) is 0 Å². The Hall–Kier alpha value is -2.75. The molecule has 0 spiro atoms. The standard InChI is InChI=1S/C14H16F7N6O4P/c15-7-4(3-25-32(23,24)31)8(16)10(18)11(9(7)17)27-12(29)5(1-2-6(22)28)26-13(30)14(19,20)21/h5H,1-3H2,(H2,22,28)(H,26,30)(H,27,29)(H5,23,24,25,31)/t5-/m0/s1. The summed E-state index contributed by atoms with van der Waals surface area (Å²) in [7, 11) is -4.06. The van der Waals surface area contributed by atoms with Gasteiger partial charge in [0.1, 0.15) is 11.7 Å². The molecule has 32 heavy (non-hydrogen) atoms. The van der Waals surface area contributed by atoms with Crippen LogP contribution >= 0.6 is 7.59 Å². The Kier molecular flexibility index (Phi) is 8.74. The molecule has 0 saturated carbocycles. The lowest BCUT2D eigenvalue weighted by Crippen LogP contribution is -2.49. The number of halogens is 7. The molecular weight excluding hydrogens is 480 g/mol. The molecule has 0 aliphatic rings. The summed E-state index contributed by atoms with van der Waals surface area (Å²) in [5.41, 5.74) is 11.5. The van der Waals surface area contributed by atoms with Crippen molar-refractivity contribution in [3.05, 3.63) is 28.8 Å². The molecule has 0 aliphatic carbocycles. The first-order valence-corrected chi connectivity index (χ1v) is 10.0. The number of benzene rings is 1. The molecule has 0 saturated heterocycles. The minimum atomic E-state index is -5.47. The summed E-state index contributed by atoms with van der Waals surface area (Å²) < 4.78 is 105. The number of primary amides is 1. The Labute approximate surface area is 174 Å². The lowest BCUT2D eigenvalue weighted by atomic mass is 10.1. The van der Waals surface area contributed by atoms with Crippen molar-refractivity contribution < 1.29 is 49.7 Å². The highest BCUT2D eigenvalue weighted by molar-refractivity contribution is 7.56. The highest BCUT2D eigenvalue weighted by Crippen LogP contribution is 2.30. The van der Waals surface area contributed by atoms with Crippen molar-refractivity contribution in [3.63, 3.8) is 0 Å². The van der Waals surface area contributed by atoms with Gasteiger partial charge in [-0.15, -0.1) is 0 Å². The summed E-state index contributed by atoms with van der Waals surface area (Å²) in [6.07, 6.45) is -7.06. The van der Waals surface area contributed by atoms with Crippen LogP contribution in [0.5, 0.6) is 0 Å². The number of carbonyl (C=O) groups is 3. The van der Waals surface area contributed by atoms with Crippen LogP contribution in [-0.4, -0.2) is 29.9 Å². The molecule has 1 aromatic carbocycles. The van der Waals surface area contributed by atoms with Gasteiger partial charge in [-0.05, 0) is 6.42 Å². The molecule has 180 valence electrons. The maximum Gasteiger partial charge on any atom is 0.471 e. The van der Waals surface area contributed by atoms with Crippen molar-refractivity contribution in [3.8, 4) is 0 Å². The van der Waals surface area contributed by atoms with Gasteiger partial charge in [-0.25, -0.2) is 22.6 Å². The van der Waals surface area contributed by atoms with Gasteiger partial charge in [-0.1, -0.05) is 0 Å². The van der Waals surface area contributed by atoms with Crippen molar-refractivity contribution in [2.75, 3.05) is 5.32 Å². The highest BCUT2D eigenvalue weighted by Gasteiger charge is 2.41. The normalized spacial score (nSPS) is 12.9. The second-order valence-corrected chi connectivity index (χ2v) is 7.91. The zero-order valence-corrected chi connectivity index (χ0v) is 16.6. The first-order valence-electron chi connectivity index (χ1n) is 8.19. The average molecular weight is 496 g/mol. The molecule has 9 N–H and O–H groups in total. The number of anilines is 1. The van der Waals surface area contributed by atoms with E-state index in [9.17, 15) is 49.7 Å². The molecule has 18 heteroatoms. The highest BCUT2D eigenvalue weighted by atomic mass is 31.2. The summed E-state index contributed by atoms with van der Waals surface area (Å²) in [5, 5.41) is 4.20. The van der Waals surface area contributed by atoms with Crippen LogP contribution in [0.1, 0.15) is 18.4 Å². The molecule has 10 nitrogen and oxygen atoms in total. The number of nitrogens with two attached hydrogens (primary N) is 3. The Balaban J connectivity index is 3.25. The molecular formula is C14H16F7N6O4P. The number of hydrogen-bond acceptors (Lipinski definition) is 4. The maximum atomic E-state index is 14.2. The summed E-state index contributed by atoms with van der Waals surface area (Å²) in [6, 6.07) is -2.22. The van der Waals surface area contributed by atoms with E-state index in [1.54, 1.807) is 5.09 Å². The fourth-order valence-corrected chi connectivity index (χ4v) is 2.56. The van der Waals surface area contributed by atoms with Gasteiger partial charge in [0.15, 0.2) is 23.3 Å². The fraction of sp³-hybridized carbons (Fsp3) is 0.357. The Morgan fingerprint density at radius 2 is 1.47 bits per heavy atom. The van der Waals surface area contributed by atoms with Gasteiger partial charge in [0.25, 0.3) is 7.59 Å². The molecule has 0 radical (unpaired) electrons. The van der Waals surface area contributed by atoms with E-state index in [2.05, 4.69) is 0 Å². The Bertz CT molecular complexity index is 939. The predicted molar refractivity (Wildman–Crippen MR) is 94.1 cm³/mol. The van der Waals surface area contributed by atoms with E-state index in [0.29, 0.717) is 0 Å². The van der Waals surface area contributed by atoms with E-state index in [1.807, 2.05) is 0 Å². The van der Waals surface area contributed by atoms with Crippen molar-refractivity contribution in [1.29, 1.82) is 0 Å². The van der Waals surface area contributed by atoms with Gasteiger partial charge < -0.3 is 16.4 Å². The predicted octanol–water partition coefficient (Wildman–Crippen LogP) is 0.609. The summed E-state index contributed by atoms with van der Waals surface area (Å²) in [4.78, 5) is 34.0. The quantitative estimate of drug-likeness (QED) is 0.164. The number of amides is 3. The van der Waals surface area contributed by atoms with E-state index in [-0.39, 0.29) is 0 Å². The molecule has 0 fully saturated rings. The van der Waals surface area contributed by atoms with Crippen LogP contribution in [0.4, 0.5) is 36.4 Å². The summed E-state index contributed by atoms with van der Waals surface area (Å²) in [6.45, 7) is -1.13. The van der Waals surface area contributed by atoms with E-state index in [1.165, 1.54) is 5.32 Å².